The molecule has 0 aromatic heterocycles. The number of nitrogens with zero attached hydrogens (tertiary/aromatic N) is 1. The lowest BCUT2D eigenvalue weighted by Crippen LogP contribution is -2.45. The number of nitrogens with one attached hydrogen (secondary N) is 2. The predicted octanol–water partition coefficient (Wildman–Crippen LogP) is 1.73. The zero-order valence-electron chi connectivity index (χ0n) is 10.8. The molecule has 0 saturated carbocycles. The standard InChI is InChI=1S/C12H25N3S/c1-4-10(3)14-12(16)13-9-11-7-6-8-15(11)5-2/h10-11H,4-9H2,1-3H3,(H2,13,14,16). The Morgan fingerprint density at radius 2 is 2.25 bits per heavy atom. The van der Waals surface area contributed by atoms with E-state index in [0.717, 1.165) is 24.6 Å². The largest absolute Gasteiger partial charge is 0.361 e. The summed E-state index contributed by atoms with van der Waals surface area (Å²) in [5.74, 6) is 0. The van der Waals surface area contributed by atoms with Crippen molar-refractivity contribution in [2.24, 2.45) is 0 Å². The van der Waals surface area contributed by atoms with Crippen molar-refractivity contribution in [1.82, 2.24) is 15.5 Å². The molecule has 2 atom stereocenters. The highest BCUT2D eigenvalue weighted by Gasteiger charge is 2.22. The van der Waals surface area contributed by atoms with Crippen LogP contribution in [0.1, 0.15) is 40.0 Å². The average Bonchev–Trinajstić information content (AvgIpc) is 2.73. The first-order chi connectivity index (χ1) is 7.67. The van der Waals surface area contributed by atoms with Crippen LogP contribution in [0.15, 0.2) is 0 Å². The quantitative estimate of drug-likeness (QED) is 0.719. The molecule has 94 valence electrons. The Labute approximate surface area is 105 Å². The van der Waals surface area contributed by atoms with E-state index in [-0.39, 0.29) is 0 Å². The molecule has 1 saturated heterocycles. The maximum Gasteiger partial charge on any atom is 0.166 e. The van der Waals surface area contributed by atoms with Crippen LogP contribution >= 0.6 is 12.2 Å². The second-order valence-corrected chi connectivity index (χ2v) is 5.00. The van der Waals surface area contributed by atoms with Crippen molar-refractivity contribution < 1.29 is 0 Å². The van der Waals surface area contributed by atoms with Gasteiger partial charge < -0.3 is 10.6 Å². The van der Waals surface area contributed by atoms with Gasteiger partial charge in [-0.1, -0.05) is 13.8 Å². The molecule has 16 heavy (non-hydrogen) atoms. The van der Waals surface area contributed by atoms with Crippen molar-refractivity contribution in [3.05, 3.63) is 0 Å². The summed E-state index contributed by atoms with van der Waals surface area (Å²) in [6, 6.07) is 1.13. The van der Waals surface area contributed by atoms with Crippen LogP contribution in [0, 0.1) is 0 Å². The van der Waals surface area contributed by atoms with Gasteiger partial charge in [-0.05, 0) is 51.5 Å². The Morgan fingerprint density at radius 3 is 2.88 bits per heavy atom. The zero-order chi connectivity index (χ0) is 12.0. The minimum Gasteiger partial charge on any atom is -0.361 e. The first-order valence-corrected chi connectivity index (χ1v) is 6.86. The summed E-state index contributed by atoms with van der Waals surface area (Å²) in [6.07, 6.45) is 3.73. The third-order valence-electron chi connectivity index (χ3n) is 3.39. The van der Waals surface area contributed by atoms with Gasteiger partial charge in [0.25, 0.3) is 0 Å². The molecule has 1 aliphatic rings. The lowest BCUT2D eigenvalue weighted by Gasteiger charge is -2.24. The summed E-state index contributed by atoms with van der Waals surface area (Å²) >= 11 is 5.27. The monoisotopic (exact) mass is 243 g/mol. The second-order valence-electron chi connectivity index (χ2n) is 4.59. The molecule has 2 N–H and O–H groups in total. The third-order valence-corrected chi connectivity index (χ3v) is 3.66. The molecule has 3 nitrogen and oxygen atoms in total. The maximum absolute atomic E-state index is 5.27. The van der Waals surface area contributed by atoms with Gasteiger partial charge in [0, 0.05) is 18.6 Å². The Morgan fingerprint density at radius 1 is 1.50 bits per heavy atom. The zero-order valence-corrected chi connectivity index (χ0v) is 11.6. The van der Waals surface area contributed by atoms with Crippen LogP contribution < -0.4 is 10.6 Å². The van der Waals surface area contributed by atoms with Gasteiger partial charge in [-0.25, -0.2) is 0 Å². The van der Waals surface area contributed by atoms with Crippen molar-refractivity contribution >= 4 is 17.3 Å². The van der Waals surface area contributed by atoms with E-state index in [1.807, 2.05) is 0 Å². The number of thiocarbonyl (C=S) groups is 1. The SMILES string of the molecule is CCC(C)NC(=S)NCC1CCCN1CC. The molecular weight excluding hydrogens is 218 g/mol. The van der Waals surface area contributed by atoms with E-state index in [2.05, 4.69) is 36.3 Å². The van der Waals surface area contributed by atoms with Gasteiger partial charge in [-0.2, -0.15) is 0 Å². The van der Waals surface area contributed by atoms with Gasteiger partial charge in [0.2, 0.25) is 0 Å². The fraction of sp³-hybridized carbons (Fsp3) is 0.917. The average molecular weight is 243 g/mol. The summed E-state index contributed by atoms with van der Waals surface area (Å²) in [4.78, 5) is 2.53. The summed E-state index contributed by atoms with van der Waals surface area (Å²) in [7, 11) is 0. The van der Waals surface area contributed by atoms with Crippen LogP contribution in [-0.4, -0.2) is 41.7 Å². The molecule has 4 heteroatoms. The van der Waals surface area contributed by atoms with Crippen molar-refractivity contribution in [2.75, 3.05) is 19.6 Å². The molecule has 0 bridgehead atoms. The lowest BCUT2D eigenvalue weighted by atomic mass is 10.2. The molecule has 2 unspecified atom stereocenters. The van der Waals surface area contributed by atoms with Crippen LogP contribution in [0.2, 0.25) is 0 Å². The van der Waals surface area contributed by atoms with Gasteiger partial charge in [0.15, 0.2) is 5.11 Å². The molecule has 0 aliphatic carbocycles. The van der Waals surface area contributed by atoms with Crippen molar-refractivity contribution in [3.8, 4) is 0 Å². The van der Waals surface area contributed by atoms with Crippen LogP contribution in [0.5, 0.6) is 0 Å². The van der Waals surface area contributed by atoms with Gasteiger partial charge in [-0.15, -0.1) is 0 Å². The smallest absolute Gasteiger partial charge is 0.166 e. The van der Waals surface area contributed by atoms with E-state index in [1.54, 1.807) is 0 Å². The number of hydrogen-bond acceptors (Lipinski definition) is 2. The Hall–Kier alpha value is -0.350. The first kappa shape index (κ1) is 13.7. The molecule has 1 rings (SSSR count). The Balaban J connectivity index is 2.20. The number of likely N-dealkylation sites (N-methyl/N-ethyl adjacent to an activating group) is 1. The van der Waals surface area contributed by atoms with E-state index in [9.17, 15) is 0 Å². The Bertz CT molecular complexity index is 220. The fourth-order valence-corrected chi connectivity index (χ4v) is 2.41. The van der Waals surface area contributed by atoms with E-state index in [4.69, 9.17) is 12.2 Å². The topological polar surface area (TPSA) is 27.3 Å². The summed E-state index contributed by atoms with van der Waals surface area (Å²) < 4.78 is 0. The maximum atomic E-state index is 5.27. The second kappa shape index (κ2) is 7.07. The van der Waals surface area contributed by atoms with Crippen LogP contribution in [0.25, 0.3) is 0 Å². The summed E-state index contributed by atoms with van der Waals surface area (Å²) in [6.45, 7) is 9.93. The highest BCUT2D eigenvalue weighted by Crippen LogP contribution is 2.15. The Kier molecular flexibility index (Phi) is 6.06. The lowest BCUT2D eigenvalue weighted by molar-refractivity contribution is 0.267. The van der Waals surface area contributed by atoms with Gasteiger partial charge in [0.05, 0.1) is 0 Å². The number of rotatable bonds is 5. The molecule has 1 aliphatic heterocycles. The minimum absolute atomic E-state index is 0.464. The first-order valence-electron chi connectivity index (χ1n) is 6.45. The van der Waals surface area contributed by atoms with Crippen molar-refractivity contribution in [2.45, 2.75) is 52.1 Å². The summed E-state index contributed by atoms with van der Waals surface area (Å²) in [5, 5.41) is 7.42. The van der Waals surface area contributed by atoms with E-state index < -0.39 is 0 Å². The van der Waals surface area contributed by atoms with E-state index in [0.29, 0.717) is 12.1 Å². The van der Waals surface area contributed by atoms with Gasteiger partial charge >= 0.3 is 0 Å². The molecule has 0 spiro atoms. The fourth-order valence-electron chi connectivity index (χ4n) is 2.13. The van der Waals surface area contributed by atoms with Gasteiger partial charge in [0.1, 0.15) is 0 Å². The summed E-state index contributed by atoms with van der Waals surface area (Å²) in [5.41, 5.74) is 0. The molecule has 0 amide bonds. The van der Waals surface area contributed by atoms with Crippen LogP contribution in [0.3, 0.4) is 0 Å². The third kappa shape index (κ3) is 4.26. The molecular formula is C12H25N3S. The van der Waals surface area contributed by atoms with Gasteiger partial charge in [-0.3, -0.25) is 4.90 Å². The number of likely N-dealkylation sites (tertiary alicyclic amines) is 1. The van der Waals surface area contributed by atoms with Crippen molar-refractivity contribution in [3.63, 3.8) is 0 Å². The molecule has 0 aromatic rings. The van der Waals surface area contributed by atoms with Crippen LogP contribution in [-0.2, 0) is 0 Å². The van der Waals surface area contributed by atoms with E-state index in [1.165, 1.54) is 19.4 Å². The normalized spacial score (nSPS) is 23.1. The molecule has 0 radical (unpaired) electrons. The highest BCUT2D eigenvalue weighted by atomic mass is 32.1. The molecule has 1 fully saturated rings. The highest BCUT2D eigenvalue weighted by molar-refractivity contribution is 7.80. The van der Waals surface area contributed by atoms with Crippen molar-refractivity contribution in [1.29, 1.82) is 0 Å². The molecule has 1 heterocycles. The minimum atomic E-state index is 0.464. The van der Waals surface area contributed by atoms with E-state index >= 15 is 0 Å². The molecule has 0 aromatic carbocycles. The number of hydrogen-bond donors (Lipinski definition) is 2. The van der Waals surface area contributed by atoms with Crippen LogP contribution in [0.4, 0.5) is 0 Å². The predicted molar refractivity (Wildman–Crippen MR) is 73.8 cm³/mol.